The minimum Gasteiger partial charge on any atom is -0.512 e. The van der Waals surface area contributed by atoms with Gasteiger partial charge in [0, 0.05) is 23.7 Å². The van der Waals surface area contributed by atoms with Gasteiger partial charge in [-0.25, -0.2) is 0 Å². The van der Waals surface area contributed by atoms with E-state index < -0.39 is 5.41 Å². The normalized spacial score (nSPS) is 20.6. The van der Waals surface area contributed by atoms with Crippen LogP contribution in [0.4, 0.5) is 0 Å². The number of allylic oxidation sites excluding steroid dienone is 3. The topological polar surface area (TPSA) is 55.8 Å². The summed E-state index contributed by atoms with van der Waals surface area (Å²) in [4.78, 5) is 10.6. The number of benzene rings is 2. The molecule has 34 heavy (non-hydrogen) atoms. The lowest BCUT2D eigenvalue weighted by atomic mass is 9.64. The lowest BCUT2D eigenvalue weighted by Crippen LogP contribution is -2.43. The first kappa shape index (κ1) is 24.4. The van der Waals surface area contributed by atoms with E-state index in [4.69, 9.17) is 9.47 Å². The van der Waals surface area contributed by atoms with Gasteiger partial charge in [-0.05, 0) is 46.4 Å². The number of hydrogen-bond donors (Lipinski definition) is 1. The molecule has 4 rings (SSSR count). The maximum absolute atomic E-state index is 10.6. The van der Waals surface area contributed by atoms with Gasteiger partial charge in [-0.1, -0.05) is 76.2 Å². The van der Waals surface area contributed by atoms with Crippen molar-refractivity contribution in [3.8, 4) is 0 Å². The van der Waals surface area contributed by atoms with Gasteiger partial charge in [0.05, 0.1) is 24.4 Å². The van der Waals surface area contributed by atoms with E-state index in [2.05, 4.69) is 71.0 Å². The molecule has 2 aromatic rings. The monoisotopic (exact) mass is 460 g/mol. The van der Waals surface area contributed by atoms with Crippen LogP contribution in [0.3, 0.4) is 0 Å². The molecule has 0 atom stereocenters. The highest BCUT2D eigenvalue weighted by Gasteiger charge is 2.41. The van der Waals surface area contributed by atoms with Gasteiger partial charge in [-0.15, -0.1) is 0 Å². The lowest BCUT2D eigenvalue weighted by molar-refractivity contribution is -0.128. The van der Waals surface area contributed by atoms with Crippen LogP contribution in [0.1, 0.15) is 73.9 Å². The minimum absolute atomic E-state index is 0.0132. The van der Waals surface area contributed by atoms with Crippen LogP contribution in [0.15, 0.2) is 54.3 Å². The van der Waals surface area contributed by atoms with Crippen LogP contribution < -0.4 is 0 Å². The average Bonchev–Trinajstić information content (AvgIpc) is 2.81. The number of fused-ring (bicyclic) bond motifs is 1. The molecular formula is C30H36O4. The molecule has 0 saturated carbocycles. The molecule has 1 saturated heterocycles. The van der Waals surface area contributed by atoms with E-state index in [-0.39, 0.29) is 16.6 Å². The summed E-state index contributed by atoms with van der Waals surface area (Å²) in [7, 11) is 0. The summed E-state index contributed by atoms with van der Waals surface area (Å²) in [6, 6.07) is 13.0. The molecule has 4 heteroatoms. The molecule has 4 nitrogen and oxygen atoms in total. The van der Waals surface area contributed by atoms with Crippen molar-refractivity contribution in [1.82, 2.24) is 0 Å². The fraction of sp³-hybridized carbons (Fsp3) is 0.433. The summed E-state index contributed by atoms with van der Waals surface area (Å²) < 4.78 is 11.8. The quantitative estimate of drug-likeness (QED) is 0.313. The second-order valence-electron chi connectivity index (χ2n) is 10.8. The summed E-state index contributed by atoms with van der Waals surface area (Å²) in [5.41, 5.74) is 6.74. The van der Waals surface area contributed by atoms with Crippen LogP contribution in [0.2, 0.25) is 0 Å². The van der Waals surface area contributed by atoms with Gasteiger partial charge in [0.1, 0.15) is 13.1 Å². The van der Waals surface area contributed by atoms with Gasteiger partial charge in [0.15, 0.2) is 0 Å². The number of carbonyl (C=O) groups is 1. The van der Waals surface area contributed by atoms with Crippen molar-refractivity contribution in [2.75, 3.05) is 20.0 Å². The molecule has 1 N–H and O–H groups in total. The first-order valence-corrected chi connectivity index (χ1v) is 12.0. The molecule has 2 aliphatic rings. The van der Waals surface area contributed by atoms with E-state index in [1.165, 1.54) is 22.3 Å². The number of hydrogen-bond acceptors (Lipinski definition) is 4. The highest BCUT2D eigenvalue weighted by Crippen LogP contribution is 2.46. The zero-order valence-electron chi connectivity index (χ0n) is 21.0. The Labute approximate surface area is 203 Å². The molecule has 0 amide bonds. The molecule has 2 aromatic carbocycles. The molecule has 180 valence electrons. The molecule has 0 unspecified atom stereocenters. The molecule has 1 aliphatic carbocycles. The maximum Gasteiger partial charge on any atom is 0.146 e. The maximum atomic E-state index is 10.6. The predicted octanol–water partition coefficient (Wildman–Crippen LogP) is 6.29. The van der Waals surface area contributed by atoms with Gasteiger partial charge in [-0.3, -0.25) is 0 Å². The van der Waals surface area contributed by atoms with E-state index in [1.54, 1.807) is 6.08 Å². The van der Waals surface area contributed by atoms with Gasteiger partial charge in [0.25, 0.3) is 0 Å². The number of aryl methyl sites for hydroxylation is 1. The molecule has 0 spiro atoms. The van der Waals surface area contributed by atoms with Crippen molar-refractivity contribution in [3.05, 3.63) is 87.7 Å². The van der Waals surface area contributed by atoms with E-state index in [0.717, 1.165) is 17.4 Å². The highest BCUT2D eigenvalue weighted by molar-refractivity contribution is 5.58. The Morgan fingerprint density at radius 3 is 2.12 bits per heavy atom. The first-order chi connectivity index (χ1) is 16.1. The summed E-state index contributed by atoms with van der Waals surface area (Å²) in [6.07, 6.45) is 7.86. The second kappa shape index (κ2) is 9.16. The SMILES string of the molecule is Cc1cc2c(cc1C1(c3ccc(/C=C(\O)CCC=O)cc3)COCOC1)C(C)(C)C=CC2(C)C. The Morgan fingerprint density at radius 1 is 0.941 bits per heavy atom. The molecule has 1 heterocycles. The molecule has 0 bridgehead atoms. The van der Waals surface area contributed by atoms with E-state index in [1.807, 2.05) is 12.1 Å². The Balaban J connectivity index is 1.80. The second-order valence-corrected chi connectivity index (χ2v) is 10.8. The molecule has 1 fully saturated rings. The fourth-order valence-electron chi connectivity index (χ4n) is 5.27. The summed E-state index contributed by atoms with van der Waals surface area (Å²) in [6.45, 7) is 12.7. The van der Waals surface area contributed by atoms with Gasteiger partial charge in [-0.2, -0.15) is 0 Å². The number of aliphatic hydroxyl groups excluding tert-OH is 1. The summed E-state index contributed by atoms with van der Waals surface area (Å²) in [5.74, 6) is 0.210. The number of rotatable bonds is 6. The largest absolute Gasteiger partial charge is 0.512 e. The van der Waals surface area contributed by atoms with E-state index >= 15 is 0 Å². The van der Waals surface area contributed by atoms with Crippen LogP contribution in [0, 0.1) is 6.92 Å². The molecule has 1 aliphatic heterocycles. The van der Waals surface area contributed by atoms with Crippen molar-refractivity contribution >= 4 is 12.4 Å². The van der Waals surface area contributed by atoms with Gasteiger partial charge < -0.3 is 19.4 Å². The Kier molecular flexibility index (Phi) is 6.58. The van der Waals surface area contributed by atoms with Crippen molar-refractivity contribution in [3.63, 3.8) is 0 Å². The van der Waals surface area contributed by atoms with Crippen LogP contribution in [-0.2, 0) is 30.5 Å². The summed E-state index contributed by atoms with van der Waals surface area (Å²) >= 11 is 0. The Bertz CT molecular complexity index is 1110. The Morgan fingerprint density at radius 2 is 1.53 bits per heavy atom. The third kappa shape index (κ3) is 4.49. The third-order valence-electron chi connectivity index (χ3n) is 7.36. The standard InChI is InChI=1S/C30H36O4/c1-21-15-26-27(29(4,5)13-12-28(26,2)3)17-25(21)30(18-33-20-34-19-30)23-10-8-22(9-11-23)16-24(32)7-6-14-31/h8-17,32H,6-7,18-20H2,1-5H3/b24-16-. The van der Waals surface area contributed by atoms with E-state index in [9.17, 15) is 9.90 Å². The zero-order chi connectivity index (χ0) is 24.6. The van der Waals surface area contributed by atoms with E-state index in [0.29, 0.717) is 32.8 Å². The zero-order valence-corrected chi connectivity index (χ0v) is 21.0. The summed E-state index contributed by atoms with van der Waals surface area (Å²) in [5, 5.41) is 10.1. The van der Waals surface area contributed by atoms with Crippen LogP contribution in [-0.4, -0.2) is 31.4 Å². The minimum atomic E-state index is -0.416. The number of aldehydes is 1. The average molecular weight is 461 g/mol. The van der Waals surface area contributed by atoms with Gasteiger partial charge >= 0.3 is 0 Å². The lowest BCUT2D eigenvalue weighted by Gasteiger charge is -2.42. The smallest absolute Gasteiger partial charge is 0.146 e. The highest BCUT2D eigenvalue weighted by atomic mass is 16.7. The number of aliphatic hydroxyl groups is 1. The van der Waals surface area contributed by atoms with Crippen LogP contribution in [0.25, 0.3) is 6.08 Å². The van der Waals surface area contributed by atoms with Crippen molar-refractivity contribution in [1.29, 1.82) is 0 Å². The Hall–Kier alpha value is -2.69. The fourth-order valence-corrected chi connectivity index (χ4v) is 5.27. The molecular weight excluding hydrogens is 424 g/mol. The van der Waals surface area contributed by atoms with Crippen molar-refractivity contribution in [2.24, 2.45) is 0 Å². The third-order valence-corrected chi connectivity index (χ3v) is 7.36. The van der Waals surface area contributed by atoms with Crippen LogP contribution in [0.5, 0.6) is 0 Å². The predicted molar refractivity (Wildman–Crippen MR) is 136 cm³/mol. The van der Waals surface area contributed by atoms with Crippen LogP contribution >= 0.6 is 0 Å². The van der Waals surface area contributed by atoms with Crippen molar-refractivity contribution < 1.29 is 19.4 Å². The molecule has 0 radical (unpaired) electrons. The first-order valence-electron chi connectivity index (χ1n) is 12.0. The number of ether oxygens (including phenoxy) is 2. The number of carbonyl (C=O) groups excluding carboxylic acids is 1. The van der Waals surface area contributed by atoms with Crippen molar-refractivity contribution in [2.45, 2.75) is 63.7 Å². The molecule has 0 aromatic heterocycles. The van der Waals surface area contributed by atoms with Gasteiger partial charge in [0.2, 0.25) is 0 Å².